The lowest BCUT2D eigenvalue weighted by Gasteiger charge is -2.32. The molecule has 4 unspecified atom stereocenters. The number of benzene rings is 1. The van der Waals surface area contributed by atoms with Gasteiger partial charge in [-0.3, -0.25) is 31.7 Å². The first-order valence-electron chi connectivity index (χ1n) is 30.3. The van der Waals surface area contributed by atoms with E-state index in [1.165, 1.54) is 31.6 Å². The summed E-state index contributed by atoms with van der Waals surface area (Å²) >= 11 is 0. The quantitative estimate of drug-likeness (QED) is 0.0329. The van der Waals surface area contributed by atoms with E-state index in [9.17, 15) is 53.5 Å². The number of nitrogens with zero attached hydrogens (tertiary/aromatic N) is 17. The topological polar surface area (TPSA) is 607 Å². The molecule has 100 heavy (non-hydrogen) atoms. The molecule has 6 aliphatic rings. The maximum atomic E-state index is 11.3. The summed E-state index contributed by atoms with van der Waals surface area (Å²) in [4.78, 5) is 85.8. The van der Waals surface area contributed by atoms with Crippen LogP contribution < -0.4 is 22.9 Å². The first-order chi connectivity index (χ1) is 47.8. The van der Waals surface area contributed by atoms with Gasteiger partial charge in [0.1, 0.15) is 66.3 Å². The van der Waals surface area contributed by atoms with Crippen LogP contribution in [0, 0.1) is 23.2 Å². The van der Waals surface area contributed by atoms with E-state index >= 15 is 0 Å². The Morgan fingerprint density at radius 3 is 1.89 bits per heavy atom. The first kappa shape index (κ1) is 71.6. The molecule has 47 heteroatoms. The van der Waals surface area contributed by atoms with Crippen molar-refractivity contribution in [2.24, 2.45) is 23.2 Å². The monoisotopic (exact) mass is 1520 g/mol. The summed E-state index contributed by atoms with van der Waals surface area (Å²) in [5, 5.41) is 62.6. The van der Waals surface area contributed by atoms with Crippen LogP contribution in [0.4, 0.5) is 23.1 Å². The molecule has 16 rings (SSSR count). The lowest BCUT2D eigenvalue weighted by molar-refractivity contribution is -0.0297. The van der Waals surface area contributed by atoms with Crippen LogP contribution in [0.15, 0.2) is 81.1 Å². The van der Waals surface area contributed by atoms with Crippen LogP contribution in [0.5, 0.6) is 0 Å². The molecule has 0 bridgehead atoms. The highest BCUT2D eigenvalue weighted by Gasteiger charge is 2.73. The minimum Gasteiger partial charge on any atom is -0.399 e. The number of rotatable bonds is 18. The van der Waals surface area contributed by atoms with E-state index in [1.54, 1.807) is 37.1 Å². The number of phosphoric acid groups is 2. The van der Waals surface area contributed by atoms with Crippen LogP contribution in [0.1, 0.15) is 37.6 Å². The van der Waals surface area contributed by atoms with Crippen molar-refractivity contribution >= 4 is 130 Å². The Labute approximate surface area is 570 Å². The van der Waals surface area contributed by atoms with Gasteiger partial charge < -0.3 is 96.3 Å². The number of hydrogen-bond acceptors (Lipinski definition) is 31. The summed E-state index contributed by atoms with van der Waals surface area (Å²) in [6.45, 7) is -0.249. The second kappa shape index (κ2) is 28.5. The van der Waals surface area contributed by atoms with Crippen LogP contribution in [0.25, 0.3) is 61.6 Å². The fraction of sp³-hybridized carbons (Fsp3) is 0.472. The lowest BCUT2D eigenvalue weighted by Crippen LogP contribution is -2.39. The highest BCUT2D eigenvalue weighted by atomic mass is 32.4. The van der Waals surface area contributed by atoms with Gasteiger partial charge >= 0.3 is 15.6 Å². The number of nitrogen functional groups attached to an aromatic ring is 4. The summed E-state index contributed by atoms with van der Waals surface area (Å²) in [5.74, 6) is -0.299. The molecule has 18 N–H and O–H groups in total. The molecule has 2 aliphatic heterocycles. The normalized spacial score (nSPS) is 30.2. The number of aliphatic hydroxyl groups excluding tert-OH is 6. The van der Waals surface area contributed by atoms with Crippen LogP contribution in [0.3, 0.4) is 0 Å². The predicted molar refractivity (Wildman–Crippen MR) is 357 cm³/mol. The zero-order valence-corrected chi connectivity index (χ0v) is 58.1. The average molecular weight is 1520 g/mol. The van der Waals surface area contributed by atoms with E-state index in [0.29, 0.717) is 108 Å². The molecule has 530 valence electrons. The molecule has 0 amide bonds. The Kier molecular flexibility index (Phi) is 20.4. The number of hydrogen-bond donors (Lipinski definition) is 14. The Bertz CT molecular complexity index is 4800. The number of ether oxygens (including phenoxy) is 2. The zero-order valence-electron chi connectivity index (χ0n) is 51.6. The molecule has 1 aromatic carbocycles. The van der Waals surface area contributed by atoms with E-state index < -0.39 is 87.5 Å². The molecule has 0 spiro atoms. The van der Waals surface area contributed by atoms with Gasteiger partial charge in [0.15, 0.2) is 82.5 Å². The Hall–Kier alpha value is -6.78. The standard InChI is InChI=1S/C18H19N6O4P3.2C12H16N5O6P.C11H13N5O3P2/c19-10-3-1-9(2-4-10)11-5-23-7-21-16-13(17(23)22-11)20-8-24(16)18-15(26)14(25)12(28-18)6-29-31-30-27;13-10-7-11(15-3-14-10)17(4-16-7)12-1-6(12)5(8(18)9(12)19)2-23-24(20,21)22;13-10-6-11(15-3-14-10)17(4-16-6)7-5-1-12(5,9(19)8(7)18)2-23-24(20,21)22;12-10-9-11(14-4-13-10)16(5-15-9)6-1-8(21-18)7(3-20-17)19-2-6/h1-5,7-8,12,14-15,18,25-26,29,31H,6,19H2;3-6,8-9,18-19H,1-2H2,(H2,13,14,15)(H2,20,21,22);3-5,7-9,18-19H,1-2H2,(H2,13,14,15)(H2,20,21,22);4-8H,1-3H2,(H2,12,13,14)/t12-,14-,15-,18-;5-,6-,8+,9+,12-;5-,7-,8+,9+,12+;6-,7?,8?/m1010/s1. The second-order valence-corrected chi connectivity index (χ2v) is 34.0. The van der Waals surface area contributed by atoms with Gasteiger partial charge in [0.25, 0.3) is 0 Å². The third-order valence-electron chi connectivity index (χ3n) is 19.0. The predicted octanol–water partition coefficient (Wildman–Crippen LogP) is 1.50. The van der Waals surface area contributed by atoms with E-state index in [2.05, 4.69) is 63.9 Å². The van der Waals surface area contributed by atoms with Gasteiger partial charge in [0.05, 0.1) is 105 Å². The van der Waals surface area contributed by atoms with Crippen molar-refractivity contribution in [1.82, 2.24) is 82.5 Å². The van der Waals surface area contributed by atoms with Gasteiger partial charge in [-0.15, -0.1) is 0 Å². The SMILES string of the molecule is Nc1ccc(-c2cn3cnc4c(ncn4[C@@H]4O[C@H](CPPP=O)[C@@H](O)[C@H]4O)c3n2)cc1.Nc1ncnc2c1ncn2[C@@H]1COC(CP=O)C(P=O)C1.Nc1ncnc2c1ncn2[C@@]12C[C@H]1[C@H](COP(=O)(O)O)[C@@H](O)[C@H]2O.Nc1ncnc2c1ncn2[C@H]1[C@H](O)[C@H](O)[C@]2(COP(=O)(O)O)C[C@H]12. The van der Waals surface area contributed by atoms with Gasteiger partial charge in [0.2, 0.25) is 0 Å². The van der Waals surface area contributed by atoms with E-state index in [0.717, 1.165) is 11.3 Å². The molecule has 4 saturated carbocycles. The summed E-state index contributed by atoms with van der Waals surface area (Å²) in [7, 11) is -8.53. The molecule has 0 radical (unpaired) electrons. The van der Waals surface area contributed by atoms with Gasteiger partial charge in [-0.2, -0.15) is 0 Å². The third kappa shape index (κ3) is 13.5. The van der Waals surface area contributed by atoms with E-state index in [1.807, 2.05) is 35.0 Å². The van der Waals surface area contributed by atoms with Gasteiger partial charge in [-0.1, -0.05) is 20.4 Å². The number of nitrogens with two attached hydrogens (primary N) is 4. The maximum Gasteiger partial charge on any atom is 0.469 e. The van der Waals surface area contributed by atoms with Crippen molar-refractivity contribution in [3.05, 3.63) is 81.1 Å². The summed E-state index contributed by atoms with van der Waals surface area (Å²) < 4.78 is 83.9. The maximum absolute atomic E-state index is 11.3. The minimum atomic E-state index is -4.65. The highest BCUT2D eigenvalue weighted by molar-refractivity contribution is 8.40. The van der Waals surface area contributed by atoms with Crippen LogP contribution in [-0.2, 0) is 46.9 Å². The fourth-order valence-corrected chi connectivity index (χ4v) is 19.2. The molecule has 11 heterocycles. The summed E-state index contributed by atoms with van der Waals surface area (Å²) in [6, 6.07) is 6.87. The Balaban J connectivity index is 0.000000121. The highest BCUT2D eigenvalue weighted by Crippen LogP contribution is 2.69. The van der Waals surface area contributed by atoms with Crippen LogP contribution >= 0.6 is 56.9 Å². The number of aromatic nitrogens is 17. The first-order valence-corrected chi connectivity index (χ1v) is 40.1. The van der Waals surface area contributed by atoms with Crippen molar-refractivity contribution in [3.8, 4) is 11.3 Å². The number of imidazole rings is 5. The van der Waals surface area contributed by atoms with Crippen molar-refractivity contribution in [2.45, 2.75) is 97.6 Å². The second-order valence-electron chi connectivity index (χ2n) is 24.6. The number of phosphoric ester groups is 2. The third-order valence-corrected chi connectivity index (χ3v) is 25.7. The van der Waals surface area contributed by atoms with Crippen molar-refractivity contribution in [2.75, 3.05) is 55.1 Å². The van der Waals surface area contributed by atoms with Crippen LogP contribution in [0.2, 0.25) is 0 Å². The Morgan fingerprint density at radius 1 is 0.630 bits per heavy atom. The molecule has 9 aromatic heterocycles. The Morgan fingerprint density at radius 2 is 1.24 bits per heavy atom. The molecular formula is C53H64N21O19P7. The number of fused-ring (bicyclic) bond motifs is 8. The molecule has 2 saturated heterocycles. The smallest absolute Gasteiger partial charge is 0.399 e. The average Bonchev–Trinajstić information content (AvgIpc) is 1.52. The summed E-state index contributed by atoms with van der Waals surface area (Å²) in [5.41, 5.74) is 28.0. The largest absolute Gasteiger partial charge is 0.469 e. The molecule has 10 aromatic rings. The lowest BCUT2D eigenvalue weighted by atomic mass is 10.0. The van der Waals surface area contributed by atoms with E-state index in [-0.39, 0.29) is 87.5 Å². The van der Waals surface area contributed by atoms with Gasteiger partial charge in [0, 0.05) is 28.8 Å². The molecular weight excluding hydrogens is 1450 g/mol. The minimum absolute atomic E-state index is 0.00176. The van der Waals surface area contributed by atoms with Crippen molar-refractivity contribution < 1.29 is 91.6 Å². The van der Waals surface area contributed by atoms with Gasteiger partial charge in [-0.25, -0.2) is 68.9 Å². The molecule has 4 aliphatic carbocycles. The van der Waals surface area contributed by atoms with E-state index in [4.69, 9.17) is 57.0 Å². The van der Waals surface area contributed by atoms with Gasteiger partial charge in [-0.05, 0) is 57.4 Å². The van der Waals surface area contributed by atoms with Crippen molar-refractivity contribution in [1.29, 1.82) is 0 Å². The van der Waals surface area contributed by atoms with Crippen molar-refractivity contribution in [3.63, 3.8) is 0 Å². The zero-order chi connectivity index (χ0) is 70.9. The summed E-state index contributed by atoms with van der Waals surface area (Å²) in [6.07, 6.45) is 7.73. The fourth-order valence-electron chi connectivity index (χ4n) is 14.0. The number of anilines is 4. The molecule has 40 nitrogen and oxygen atoms in total. The molecule has 19 atom stereocenters. The van der Waals surface area contributed by atoms with Crippen LogP contribution in [-0.4, -0.2) is 219 Å². The molecule has 6 fully saturated rings. The number of aliphatic hydroxyl groups is 6.